The number of hydrogen-bond donors (Lipinski definition) is 2. The Hall–Kier alpha value is -4.59. The van der Waals surface area contributed by atoms with E-state index < -0.39 is 29.7 Å². The lowest BCUT2D eigenvalue weighted by Gasteiger charge is -2.19. The topological polar surface area (TPSA) is 75.6 Å². The first-order valence-electron chi connectivity index (χ1n) is 11.7. The second-order valence-corrected chi connectivity index (χ2v) is 8.60. The lowest BCUT2D eigenvalue weighted by Crippen LogP contribution is -2.30. The van der Waals surface area contributed by atoms with Gasteiger partial charge in [-0.25, -0.2) is 0 Å². The van der Waals surface area contributed by atoms with Crippen LogP contribution >= 0.6 is 0 Å². The number of benzene rings is 4. The molecule has 0 saturated carbocycles. The molecular formula is C30H24F3NO4. The summed E-state index contributed by atoms with van der Waals surface area (Å²) < 4.78 is 44.3. The number of aromatic hydroxyl groups is 1. The number of hydrogen-bond acceptors (Lipinski definition) is 4. The quantitative estimate of drug-likeness (QED) is 0.264. The minimum absolute atomic E-state index is 0.143. The standard InChI is InChI=1S/C30H24F3NO4/c1-38-28(36)18-26(21-12-10-20(11-13-21)19-6-3-2-4-7-19)34-29(37)25-17-23(14-15-27(25)35)22-8-5-9-24(16-22)30(31,32)33/h2-17,26,35H,18H2,1H3,(H,34,37). The Morgan fingerprint density at radius 3 is 2.08 bits per heavy atom. The van der Waals surface area contributed by atoms with Gasteiger partial charge in [-0.1, -0.05) is 72.8 Å². The number of nitrogens with one attached hydrogen (secondary N) is 1. The predicted molar refractivity (Wildman–Crippen MR) is 137 cm³/mol. The highest BCUT2D eigenvalue weighted by molar-refractivity contribution is 5.98. The number of rotatable bonds is 7. The van der Waals surface area contributed by atoms with E-state index in [-0.39, 0.29) is 23.3 Å². The highest BCUT2D eigenvalue weighted by atomic mass is 19.4. The minimum Gasteiger partial charge on any atom is -0.507 e. The molecule has 5 nitrogen and oxygen atoms in total. The van der Waals surface area contributed by atoms with Crippen molar-refractivity contribution < 1.29 is 32.6 Å². The zero-order chi connectivity index (χ0) is 27.3. The molecule has 1 amide bonds. The maximum Gasteiger partial charge on any atom is 0.416 e. The molecule has 0 saturated heterocycles. The molecule has 4 aromatic rings. The summed E-state index contributed by atoms with van der Waals surface area (Å²) in [5.41, 5.74) is 2.17. The van der Waals surface area contributed by atoms with Crippen LogP contribution in [0, 0.1) is 0 Å². The predicted octanol–water partition coefficient (Wildman–Crippen LogP) is 6.78. The maximum absolute atomic E-state index is 13.2. The fourth-order valence-electron chi connectivity index (χ4n) is 4.05. The van der Waals surface area contributed by atoms with Crippen molar-refractivity contribution in [2.75, 3.05) is 7.11 Å². The molecule has 0 heterocycles. The van der Waals surface area contributed by atoms with Crippen molar-refractivity contribution >= 4 is 11.9 Å². The van der Waals surface area contributed by atoms with E-state index in [1.165, 1.54) is 37.4 Å². The average molecular weight is 520 g/mol. The maximum atomic E-state index is 13.2. The van der Waals surface area contributed by atoms with Crippen LogP contribution in [0.25, 0.3) is 22.3 Å². The summed E-state index contributed by atoms with van der Waals surface area (Å²) in [5.74, 6) is -1.60. The molecule has 0 aliphatic carbocycles. The molecule has 0 bridgehead atoms. The monoisotopic (exact) mass is 519 g/mol. The molecule has 4 aromatic carbocycles. The highest BCUT2D eigenvalue weighted by Gasteiger charge is 2.30. The van der Waals surface area contributed by atoms with Crippen LogP contribution < -0.4 is 5.32 Å². The molecule has 2 N–H and O–H groups in total. The summed E-state index contributed by atoms with van der Waals surface area (Å²) in [5, 5.41) is 13.1. The van der Waals surface area contributed by atoms with Crippen molar-refractivity contribution in [2.24, 2.45) is 0 Å². The zero-order valence-electron chi connectivity index (χ0n) is 20.3. The fourth-order valence-corrected chi connectivity index (χ4v) is 4.05. The Morgan fingerprint density at radius 2 is 1.42 bits per heavy atom. The van der Waals surface area contributed by atoms with Crippen LogP contribution in [0.1, 0.15) is 33.9 Å². The van der Waals surface area contributed by atoms with Crippen molar-refractivity contribution in [1.82, 2.24) is 5.32 Å². The molecule has 1 atom stereocenters. The number of methoxy groups -OCH3 is 1. The van der Waals surface area contributed by atoms with Gasteiger partial charge in [-0.2, -0.15) is 13.2 Å². The summed E-state index contributed by atoms with van der Waals surface area (Å²) in [6.45, 7) is 0. The van der Waals surface area contributed by atoms with Gasteiger partial charge in [-0.05, 0) is 52.1 Å². The van der Waals surface area contributed by atoms with E-state index in [2.05, 4.69) is 5.32 Å². The summed E-state index contributed by atoms with van der Waals surface area (Å²) in [6.07, 6.45) is -4.69. The van der Waals surface area contributed by atoms with Crippen molar-refractivity contribution in [3.63, 3.8) is 0 Å². The van der Waals surface area contributed by atoms with Crippen molar-refractivity contribution in [3.05, 3.63) is 114 Å². The second-order valence-electron chi connectivity index (χ2n) is 8.60. The lowest BCUT2D eigenvalue weighted by atomic mass is 9.97. The van der Waals surface area contributed by atoms with Gasteiger partial charge in [0.1, 0.15) is 5.75 Å². The van der Waals surface area contributed by atoms with Gasteiger partial charge >= 0.3 is 12.1 Å². The van der Waals surface area contributed by atoms with Gasteiger partial charge in [0.25, 0.3) is 5.91 Å². The Kier molecular flexibility index (Phi) is 7.81. The van der Waals surface area contributed by atoms with Crippen LogP contribution in [0.5, 0.6) is 5.75 Å². The third-order valence-electron chi connectivity index (χ3n) is 6.09. The van der Waals surface area contributed by atoms with Crippen LogP contribution in [-0.2, 0) is 15.7 Å². The van der Waals surface area contributed by atoms with Gasteiger partial charge in [0.2, 0.25) is 0 Å². The lowest BCUT2D eigenvalue weighted by molar-refractivity contribution is -0.141. The van der Waals surface area contributed by atoms with Crippen LogP contribution in [-0.4, -0.2) is 24.1 Å². The van der Waals surface area contributed by atoms with Gasteiger partial charge in [-0.15, -0.1) is 0 Å². The molecule has 1 unspecified atom stereocenters. The van der Waals surface area contributed by atoms with Crippen LogP contribution in [0.2, 0.25) is 0 Å². The summed E-state index contributed by atoms with van der Waals surface area (Å²) in [7, 11) is 1.24. The third-order valence-corrected chi connectivity index (χ3v) is 6.09. The van der Waals surface area contributed by atoms with E-state index >= 15 is 0 Å². The Bertz CT molecular complexity index is 1430. The van der Waals surface area contributed by atoms with Gasteiger partial charge < -0.3 is 15.2 Å². The fraction of sp³-hybridized carbons (Fsp3) is 0.133. The largest absolute Gasteiger partial charge is 0.507 e. The molecule has 0 aliphatic heterocycles. The van der Waals surface area contributed by atoms with E-state index in [0.29, 0.717) is 11.1 Å². The average Bonchev–Trinajstić information content (AvgIpc) is 2.93. The van der Waals surface area contributed by atoms with Gasteiger partial charge in [0.15, 0.2) is 0 Å². The molecule has 4 rings (SSSR count). The number of esters is 1. The molecular weight excluding hydrogens is 495 g/mol. The number of amides is 1. The van der Waals surface area contributed by atoms with Crippen LogP contribution in [0.3, 0.4) is 0 Å². The van der Waals surface area contributed by atoms with E-state index in [4.69, 9.17) is 4.74 Å². The molecule has 0 radical (unpaired) electrons. The molecule has 0 fully saturated rings. The third kappa shape index (κ3) is 6.21. The first-order chi connectivity index (χ1) is 18.2. The van der Waals surface area contributed by atoms with Crippen molar-refractivity contribution in [1.29, 1.82) is 0 Å². The summed E-state index contributed by atoms with van der Waals surface area (Å²) in [4.78, 5) is 25.3. The molecule has 8 heteroatoms. The number of carbonyl (C=O) groups is 2. The van der Waals surface area contributed by atoms with E-state index in [1.807, 2.05) is 42.5 Å². The summed E-state index contributed by atoms with van der Waals surface area (Å²) in [6, 6.07) is 24.9. The Balaban J connectivity index is 1.62. The number of phenols is 1. The number of ether oxygens (including phenoxy) is 1. The van der Waals surface area contributed by atoms with Crippen molar-refractivity contribution in [3.8, 4) is 28.0 Å². The molecule has 38 heavy (non-hydrogen) atoms. The van der Waals surface area contributed by atoms with E-state index in [0.717, 1.165) is 23.3 Å². The summed E-state index contributed by atoms with van der Waals surface area (Å²) >= 11 is 0. The van der Waals surface area contributed by atoms with Gasteiger partial charge in [0, 0.05) is 0 Å². The zero-order valence-corrected chi connectivity index (χ0v) is 20.3. The van der Waals surface area contributed by atoms with E-state index in [9.17, 15) is 27.9 Å². The molecule has 0 spiro atoms. The number of halogens is 3. The van der Waals surface area contributed by atoms with Crippen LogP contribution in [0.15, 0.2) is 97.1 Å². The molecule has 194 valence electrons. The number of carbonyl (C=O) groups excluding carboxylic acids is 2. The molecule has 0 aromatic heterocycles. The first kappa shape index (κ1) is 26.5. The van der Waals surface area contributed by atoms with Gasteiger partial charge in [-0.3, -0.25) is 9.59 Å². The first-order valence-corrected chi connectivity index (χ1v) is 11.7. The number of phenolic OH excluding ortho intramolecular Hbond substituents is 1. The van der Waals surface area contributed by atoms with E-state index in [1.54, 1.807) is 12.1 Å². The molecule has 0 aliphatic rings. The SMILES string of the molecule is COC(=O)CC(NC(=O)c1cc(-c2cccc(C(F)(F)F)c2)ccc1O)c1ccc(-c2ccccc2)cc1. The normalized spacial score (nSPS) is 12.0. The highest BCUT2D eigenvalue weighted by Crippen LogP contribution is 2.33. The smallest absolute Gasteiger partial charge is 0.416 e. The van der Waals surface area contributed by atoms with Crippen LogP contribution in [0.4, 0.5) is 13.2 Å². The van der Waals surface area contributed by atoms with Gasteiger partial charge in [0.05, 0.1) is 30.7 Å². The Morgan fingerprint density at radius 1 is 0.816 bits per heavy atom. The Labute approximate surface area is 217 Å². The second kappa shape index (κ2) is 11.2. The number of alkyl halides is 3. The van der Waals surface area contributed by atoms with Crippen molar-refractivity contribution in [2.45, 2.75) is 18.6 Å². The minimum atomic E-state index is -4.52.